The molecule has 2 N–H and O–H groups in total. The molecule has 2 aromatic rings. The molecule has 4 rings (SSSR count). The fourth-order valence-electron chi connectivity index (χ4n) is 3.99. The molecule has 2 heterocycles. The molecule has 5 nitrogen and oxygen atoms in total. The van der Waals surface area contributed by atoms with E-state index in [0.29, 0.717) is 18.1 Å². The molecule has 1 saturated carbocycles. The van der Waals surface area contributed by atoms with Gasteiger partial charge in [0.2, 0.25) is 5.28 Å². The third-order valence-electron chi connectivity index (χ3n) is 5.23. The van der Waals surface area contributed by atoms with Crippen LogP contribution in [0.1, 0.15) is 30.4 Å². The van der Waals surface area contributed by atoms with Gasteiger partial charge in [0.1, 0.15) is 17.5 Å². The SMILES string of the molecule is C=C1N(c2c(C)cccc2F)Cc2cnc(Cl)nc2N1C1CCC(N)C1. The number of fused-ring (bicyclic) bond motifs is 1. The molecule has 1 aromatic carbocycles. The summed E-state index contributed by atoms with van der Waals surface area (Å²) in [6.07, 6.45) is 4.43. The largest absolute Gasteiger partial charge is 0.328 e. The summed E-state index contributed by atoms with van der Waals surface area (Å²) in [5.74, 6) is 1.17. The normalized spacial score (nSPS) is 22.7. The average molecular weight is 374 g/mol. The van der Waals surface area contributed by atoms with E-state index in [1.54, 1.807) is 12.3 Å². The number of nitrogens with two attached hydrogens (primary N) is 1. The number of halogens is 2. The second-order valence-corrected chi connectivity index (χ2v) is 7.33. The molecule has 2 aliphatic rings. The van der Waals surface area contributed by atoms with E-state index in [-0.39, 0.29) is 23.2 Å². The van der Waals surface area contributed by atoms with Crippen LogP contribution in [0.15, 0.2) is 36.8 Å². The second-order valence-electron chi connectivity index (χ2n) is 6.99. The zero-order valence-electron chi connectivity index (χ0n) is 14.6. The molecule has 1 aliphatic carbocycles. The number of aromatic nitrogens is 2. The van der Waals surface area contributed by atoms with E-state index in [4.69, 9.17) is 17.3 Å². The summed E-state index contributed by atoms with van der Waals surface area (Å²) in [7, 11) is 0. The van der Waals surface area contributed by atoms with Crippen molar-refractivity contribution >= 4 is 23.1 Å². The van der Waals surface area contributed by atoms with Crippen LogP contribution < -0.4 is 15.5 Å². The first kappa shape index (κ1) is 17.2. The lowest BCUT2D eigenvalue weighted by atomic mass is 10.1. The van der Waals surface area contributed by atoms with Crippen LogP contribution in [0.2, 0.25) is 5.28 Å². The van der Waals surface area contributed by atoms with Crippen molar-refractivity contribution in [2.45, 2.75) is 44.8 Å². The molecular weight excluding hydrogens is 353 g/mol. The smallest absolute Gasteiger partial charge is 0.224 e. The van der Waals surface area contributed by atoms with Crippen LogP contribution in [0.25, 0.3) is 0 Å². The fourth-order valence-corrected chi connectivity index (χ4v) is 4.12. The van der Waals surface area contributed by atoms with Crippen LogP contribution >= 0.6 is 11.6 Å². The van der Waals surface area contributed by atoms with Crippen molar-refractivity contribution in [3.63, 3.8) is 0 Å². The first-order valence-corrected chi connectivity index (χ1v) is 9.11. The molecule has 0 radical (unpaired) electrons. The van der Waals surface area contributed by atoms with E-state index in [9.17, 15) is 4.39 Å². The van der Waals surface area contributed by atoms with Gasteiger partial charge in [-0.05, 0) is 49.4 Å². The number of benzene rings is 1. The molecule has 1 fully saturated rings. The first-order chi connectivity index (χ1) is 12.5. The van der Waals surface area contributed by atoms with Crippen LogP contribution in [-0.4, -0.2) is 22.1 Å². The summed E-state index contributed by atoms with van der Waals surface area (Å²) >= 11 is 6.05. The minimum Gasteiger partial charge on any atom is -0.328 e. The van der Waals surface area contributed by atoms with Gasteiger partial charge >= 0.3 is 0 Å². The minimum absolute atomic E-state index is 0.152. The molecule has 0 saturated heterocycles. The lowest BCUT2D eigenvalue weighted by molar-refractivity contribution is 0.585. The van der Waals surface area contributed by atoms with Gasteiger partial charge in [-0.3, -0.25) is 0 Å². The number of hydrogen-bond donors (Lipinski definition) is 1. The number of hydrogen-bond acceptors (Lipinski definition) is 5. The van der Waals surface area contributed by atoms with Crippen LogP contribution in [0.4, 0.5) is 15.9 Å². The number of aryl methyl sites for hydroxylation is 1. The van der Waals surface area contributed by atoms with Crippen LogP contribution in [0.3, 0.4) is 0 Å². The second kappa shape index (κ2) is 6.52. The van der Waals surface area contributed by atoms with E-state index in [1.165, 1.54) is 6.07 Å². The Morgan fingerprint density at radius 1 is 1.35 bits per heavy atom. The van der Waals surface area contributed by atoms with Crippen molar-refractivity contribution in [2.24, 2.45) is 5.73 Å². The monoisotopic (exact) mass is 373 g/mol. The third-order valence-corrected chi connectivity index (χ3v) is 5.41. The molecule has 0 bridgehead atoms. The number of nitrogens with zero attached hydrogens (tertiary/aromatic N) is 4. The molecule has 0 spiro atoms. The van der Waals surface area contributed by atoms with Crippen molar-refractivity contribution in [2.75, 3.05) is 9.80 Å². The lowest BCUT2D eigenvalue weighted by Gasteiger charge is -2.43. The molecule has 7 heteroatoms. The zero-order chi connectivity index (χ0) is 18.4. The first-order valence-electron chi connectivity index (χ1n) is 8.73. The highest BCUT2D eigenvalue weighted by Crippen LogP contribution is 2.40. The maximum Gasteiger partial charge on any atom is 0.224 e. The van der Waals surface area contributed by atoms with Crippen molar-refractivity contribution in [3.05, 3.63) is 59.0 Å². The molecule has 2 atom stereocenters. The van der Waals surface area contributed by atoms with Crippen molar-refractivity contribution in [1.82, 2.24) is 9.97 Å². The van der Waals surface area contributed by atoms with E-state index < -0.39 is 0 Å². The Morgan fingerprint density at radius 3 is 2.85 bits per heavy atom. The zero-order valence-corrected chi connectivity index (χ0v) is 15.4. The van der Waals surface area contributed by atoms with Crippen molar-refractivity contribution in [3.8, 4) is 0 Å². The Balaban J connectivity index is 1.83. The standard InChI is InChI=1S/C19H21ClFN5/c1-11-4-3-5-16(21)17(11)25-10-13-9-23-19(20)24-18(13)26(12(25)2)15-7-6-14(22)8-15/h3-5,9,14-15H,2,6-8,10,22H2,1H3. The Morgan fingerprint density at radius 2 is 2.15 bits per heavy atom. The summed E-state index contributed by atoms with van der Waals surface area (Å²) in [6, 6.07) is 5.40. The Labute approximate surface area is 157 Å². The topological polar surface area (TPSA) is 58.3 Å². The van der Waals surface area contributed by atoms with E-state index >= 15 is 0 Å². The van der Waals surface area contributed by atoms with Crippen LogP contribution in [0.5, 0.6) is 0 Å². The summed E-state index contributed by atoms with van der Waals surface area (Å²) in [5.41, 5.74) is 8.41. The number of rotatable bonds is 2. The van der Waals surface area contributed by atoms with Gasteiger partial charge in [-0.1, -0.05) is 18.7 Å². The van der Waals surface area contributed by atoms with E-state index in [1.807, 2.05) is 17.9 Å². The predicted octanol–water partition coefficient (Wildman–Crippen LogP) is 3.76. The van der Waals surface area contributed by atoms with Gasteiger partial charge in [-0.25, -0.2) is 9.37 Å². The molecular formula is C19H21ClFN5. The van der Waals surface area contributed by atoms with Gasteiger partial charge in [0.15, 0.2) is 0 Å². The lowest BCUT2D eigenvalue weighted by Crippen LogP contribution is -2.46. The van der Waals surface area contributed by atoms with Gasteiger partial charge in [0, 0.05) is 23.8 Å². The summed E-state index contributed by atoms with van der Waals surface area (Å²) in [6.45, 7) is 6.62. The highest BCUT2D eigenvalue weighted by Gasteiger charge is 2.37. The minimum atomic E-state index is -0.271. The highest BCUT2D eigenvalue weighted by molar-refractivity contribution is 6.28. The van der Waals surface area contributed by atoms with Crippen LogP contribution in [0, 0.1) is 12.7 Å². The summed E-state index contributed by atoms with van der Waals surface area (Å²) in [4.78, 5) is 12.5. The molecule has 1 aromatic heterocycles. The van der Waals surface area contributed by atoms with Gasteiger partial charge in [-0.15, -0.1) is 0 Å². The molecule has 2 unspecified atom stereocenters. The Bertz CT molecular complexity index is 851. The predicted molar refractivity (Wildman–Crippen MR) is 102 cm³/mol. The van der Waals surface area contributed by atoms with Gasteiger partial charge < -0.3 is 15.5 Å². The molecule has 136 valence electrons. The van der Waals surface area contributed by atoms with E-state index in [2.05, 4.69) is 21.4 Å². The quantitative estimate of drug-likeness (QED) is 0.812. The molecule has 0 amide bonds. The van der Waals surface area contributed by atoms with Crippen molar-refractivity contribution in [1.29, 1.82) is 0 Å². The number of para-hydroxylation sites is 1. The van der Waals surface area contributed by atoms with Crippen molar-refractivity contribution < 1.29 is 4.39 Å². The Hall–Kier alpha value is -2.18. The highest BCUT2D eigenvalue weighted by atomic mass is 35.5. The third kappa shape index (κ3) is 2.83. The summed E-state index contributed by atoms with van der Waals surface area (Å²) < 4.78 is 14.6. The number of anilines is 2. The fraction of sp³-hybridized carbons (Fsp3) is 0.368. The maximum atomic E-state index is 14.6. The maximum absolute atomic E-state index is 14.6. The van der Waals surface area contributed by atoms with Gasteiger partial charge in [0.25, 0.3) is 0 Å². The average Bonchev–Trinajstić information content (AvgIpc) is 3.01. The summed E-state index contributed by atoms with van der Waals surface area (Å²) in [5, 5.41) is 0.194. The van der Waals surface area contributed by atoms with E-state index in [0.717, 1.165) is 36.2 Å². The van der Waals surface area contributed by atoms with Crippen LogP contribution in [-0.2, 0) is 6.54 Å². The van der Waals surface area contributed by atoms with Gasteiger partial charge in [0.05, 0.1) is 12.2 Å². The molecule has 1 aliphatic heterocycles. The Kier molecular flexibility index (Phi) is 4.32. The van der Waals surface area contributed by atoms with Gasteiger partial charge in [-0.2, -0.15) is 4.98 Å². The molecule has 26 heavy (non-hydrogen) atoms.